The van der Waals surface area contributed by atoms with E-state index in [1.807, 2.05) is 6.92 Å². The Balaban J connectivity index is 1.52. The van der Waals surface area contributed by atoms with Gasteiger partial charge < -0.3 is 14.8 Å². The van der Waals surface area contributed by atoms with Gasteiger partial charge >= 0.3 is 5.97 Å². The molecule has 8 nitrogen and oxygen atoms in total. The summed E-state index contributed by atoms with van der Waals surface area (Å²) in [6, 6.07) is 19.6. The number of carbonyl (C=O) groups is 3. The molecule has 0 aliphatic rings. The van der Waals surface area contributed by atoms with E-state index in [0.717, 1.165) is 0 Å². The molecule has 3 rings (SSSR count). The molecule has 9 heteroatoms. The second-order valence-electron chi connectivity index (χ2n) is 6.87. The molecule has 3 aromatic rings. The summed E-state index contributed by atoms with van der Waals surface area (Å²) >= 11 is 5.84. The van der Waals surface area contributed by atoms with Crippen LogP contribution in [0, 0.1) is 0 Å². The molecule has 0 spiro atoms. The highest BCUT2D eigenvalue weighted by molar-refractivity contribution is 6.30. The lowest BCUT2D eigenvalue weighted by Crippen LogP contribution is -2.34. The molecule has 0 aliphatic carbocycles. The van der Waals surface area contributed by atoms with Gasteiger partial charge in [-0.1, -0.05) is 23.7 Å². The third kappa shape index (κ3) is 7.18. The summed E-state index contributed by atoms with van der Waals surface area (Å²) in [5, 5.41) is 6.90. The maximum absolute atomic E-state index is 12.4. The Hall–Kier alpha value is -4.17. The molecule has 0 fully saturated rings. The number of ether oxygens (including phenoxy) is 2. The number of halogens is 1. The van der Waals surface area contributed by atoms with Crippen LogP contribution < -0.4 is 20.2 Å². The molecule has 0 heterocycles. The number of hydrogen-bond acceptors (Lipinski definition) is 6. The first kappa shape index (κ1) is 24.5. The lowest BCUT2D eigenvalue weighted by atomic mass is 10.2. The smallest absolute Gasteiger partial charge is 0.343 e. The third-order valence-electron chi connectivity index (χ3n) is 4.43. The van der Waals surface area contributed by atoms with E-state index < -0.39 is 17.8 Å². The fourth-order valence-corrected chi connectivity index (χ4v) is 2.90. The van der Waals surface area contributed by atoms with E-state index in [2.05, 4.69) is 15.8 Å². The lowest BCUT2D eigenvalue weighted by molar-refractivity contribution is -0.120. The van der Waals surface area contributed by atoms with E-state index >= 15 is 0 Å². The fraction of sp³-hybridized carbons (Fsp3) is 0.120. The normalized spacial score (nSPS) is 10.5. The molecule has 34 heavy (non-hydrogen) atoms. The Bertz CT molecular complexity index is 1180. The number of hydrazone groups is 1. The number of carbonyl (C=O) groups excluding carboxylic acids is 3. The van der Waals surface area contributed by atoms with Crippen molar-refractivity contribution in [3.63, 3.8) is 0 Å². The van der Waals surface area contributed by atoms with Crippen LogP contribution in [0.2, 0.25) is 5.02 Å². The topological polar surface area (TPSA) is 106 Å². The summed E-state index contributed by atoms with van der Waals surface area (Å²) < 4.78 is 10.8. The number of para-hydroxylation sites is 1. The molecule has 2 amide bonds. The van der Waals surface area contributed by atoms with Crippen molar-refractivity contribution in [3.8, 4) is 11.5 Å². The zero-order chi connectivity index (χ0) is 24.3. The number of nitrogens with one attached hydrogen (secondary N) is 2. The van der Waals surface area contributed by atoms with Gasteiger partial charge in [0.25, 0.3) is 11.8 Å². The van der Waals surface area contributed by atoms with Gasteiger partial charge in [0.1, 0.15) is 11.5 Å². The van der Waals surface area contributed by atoms with Crippen LogP contribution in [-0.4, -0.2) is 37.1 Å². The van der Waals surface area contributed by atoms with Crippen LogP contribution >= 0.6 is 11.6 Å². The van der Waals surface area contributed by atoms with Crippen LogP contribution in [0.1, 0.15) is 33.2 Å². The van der Waals surface area contributed by atoms with Crippen molar-refractivity contribution in [2.24, 2.45) is 5.10 Å². The van der Waals surface area contributed by atoms with E-state index in [-0.39, 0.29) is 12.3 Å². The molecular weight excluding hydrogens is 458 g/mol. The molecule has 0 saturated carbocycles. The van der Waals surface area contributed by atoms with Crippen LogP contribution in [0.15, 0.2) is 77.9 Å². The van der Waals surface area contributed by atoms with Gasteiger partial charge in [-0.25, -0.2) is 10.2 Å². The minimum Gasteiger partial charge on any atom is -0.494 e. The number of benzene rings is 3. The van der Waals surface area contributed by atoms with Crippen LogP contribution in [0.4, 0.5) is 0 Å². The number of rotatable bonds is 9. The molecule has 3 aromatic carbocycles. The van der Waals surface area contributed by atoms with Crippen molar-refractivity contribution in [3.05, 3.63) is 94.5 Å². The Kier molecular flexibility index (Phi) is 8.76. The summed E-state index contributed by atoms with van der Waals surface area (Å²) in [7, 11) is 0. The van der Waals surface area contributed by atoms with Crippen molar-refractivity contribution in [2.75, 3.05) is 13.2 Å². The second kappa shape index (κ2) is 12.2. The maximum Gasteiger partial charge on any atom is 0.343 e. The van der Waals surface area contributed by atoms with Gasteiger partial charge in [-0.05, 0) is 67.6 Å². The summed E-state index contributed by atoms with van der Waals surface area (Å²) in [4.78, 5) is 36.5. The van der Waals surface area contributed by atoms with E-state index in [1.54, 1.807) is 72.8 Å². The standard InChI is InChI=1S/C25H22ClN3O5/c1-2-33-21-13-9-17(10-14-21)24(31)27-16-23(30)29-28-15-19-5-3-4-6-22(19)34-25(32)18-7-11-20(26)12-8-18/h3-15H,2,16H2,1H3,(H,27,31)(H,29,30)/b28-15+. The van der Waals surface area contributed by atoms with Gasteiger partial charge in [-0.2, -0.15) is 5.10 Å². The predicted molar refractivity (Wildman–Crippen MR) is 129 cm³/mol. The Morgan fingerprint density at radius 3 is 2.32 bits per heavy atom. The first-order valence-corrected chi connectivity index (χ1v) is 10.7. The monoisotopic (exact) mass is 479 g/mol. The van der Waals surface area contributed by atoms with Gasteiger partial charge in [0.15, 0.2) is 0 Å². The van der Waals surface area contributed by atoms with Crippen molar-refractivity contribution in [1.82, 2.24) is 10.7 Å². The van der Waals surface area contributed by atoms with Crippen LogP contribution in [-0.2, 0) is 4.79 Å². The van der Waals surface area contributed by atoms with E-state index in [4.69, 9.17) is 21.1 Å². The van der Waals surface area contributed by atoms with Crippen molar-refractivity contribution in [1.29, 1.82) is 0 Å². The number of esters is 1. The van der Waals surface area contributed by atoms with Crippen molar-refractivity contribution < 1.29 is 23.9 Å². The Morgan fingerprint density at radius 1 is 0.941 bits per heavy atom. The van der Waals surface area contributed by atoms with E-state index in [9.17, 15) is 14.4 Å². The summed E-state index contributed by atoms with van der Waals surface area (Å²) in [5.74, 6) is -0.555. The van der Waals surface area contributed by atoms with Crippen LogP contribution in [0.5, 0.6) is 11.5 Å². The first-order valence-electron chi connectivity index (χ1n) is 10.4. The van der Waals surface area contributed by atoms with Crippen molar-refractivity contribution >= 4 is 35.6 Å². The molecule has 0 radical (unpaired) electrons. The van der Waals surface area contributed by atoms with Crippen LogP contribution in [0.25, 0.3) is 0 Å². The molecular formula is C25H22ClN3O5. The molecule has 0 unspecified atom stereocenters. The van der Waals surface area contributed by atoms with E-state index in [1.165, 1.54) is 6.21 Å². The summed E-state index contributed by atoms with van der Waals surface area (Å²) in [6.45, 7) is 2.13. The summed E-state index contributed by atoms with van der Waals surface area (Å²) in [5.41, 5.74) is 3.54. The number of amides is 2. The molecule has 0 bridgehead atoms. The van der Waals surface area contributed by atoms with Gasteiger partial charge in [-0.3, -0.25) is 9.59 Å². The number of nitrogens with zero attached hydrogens (tertiary/aromatic N) is 1. The lowest BCUT2D eigenvalue weighted by Gasteiger charge is -2.08. The second-order valence-corrected chi connectivity index (χ2v) is 7.30. The highest BCUT2D eigenvalue weighted by Crippen LogP contribution is 2.18. The predicted octanol–water partition coefficient (Wildman–Crippen LogP) is 3.84. The largest absolute Gasteiger partial charge is 0.494 e. The highest BCUT2D eigenvalue weighted by Gasteiger charge is 2.11. The average molecular weight is 480 g/mol. The van der Waals surface area contributed by atoms with Gasteiger partial charge in [0, 0.05) is 16.1 Å². The highest BCUT2D eigenvalue weighted by atomic mass is 35.5. The molecule has 0 aromatic heterocycles. The zero-order valence-corrected chi connectivity index (χ0v) is 19.0. The quantitative estimate of drug-likeness (QED) is 0.210. The number of hydrogen-bond donors (Lipinski definition) is 2. The van der Waals surface area contributed by atoms with Crippen LogP contribution in [0.3, 0.4) is 0 Å². The van der Waals surface area contributed by atoms with Gasteiger partial charge in [0.05, 0.1) is 24.9 Å². The van der Waals surface area contributed by atoms with Gasteiger partial charge in [0.2, 0.25) is 0 Å². The Morgan fingerprint density at radius 2 is 1.62 bits per heavy atom. The zero-order valence-electron chi connectivity index (χ0n) is 18.3. The molecule has 2 N–H and O–H groups in total. The first-order chi connectivity index (χ1) is 16.5. The van der Waals surface area contributed by atoms with Gasteiger partial charge in [-0.15, -0.1) is 0 Å². The van der Waals surface area contributed by atoms with Crippen molar-refractivity contribution in [2.45, 2.75) is 6.92 Å². The third-order valence-corrected chi connectivity index (χ3v) is 4.68. The fourth-order valence-electron chi connectivity index (χ4n) is 2.77. The molecule has 0 aliphatic heterocycles. The SMILES string of the molecule is CCOc1ccc(C(=O)NCC(=O)N/N=C/c2ccccc2OC(=O)c2ccc(Cl)cc2)cc1. The molecule has 0 saturated heterocycles. The molecule has 0 atom stereocenters. The summed E-state index contributed by atoms with van der Waals surface area (Å²) in [6.07, 6.45) is 1.34. The minimum absolute atomic E-state index is 0.267. The molecule has 174 valence electrons. The minimum atomic E-state index is -0.557. The Labute approximate surface area is 201 Å². The maximum atomic E-state index is 12.4. The van der Waals surface area contributed by atoms with E-state index in [0.29, 0.717) is 34.1 Å². The average Bonchev–Trinajstić information content (AvgIpc) is 2.84.